The van der Waals surface area contributed by atoms with Crippen molar-refractivity contribution in [3.8, 4) is 17.0 Å². The lowest BCUT2D eigenvalue weighted by Gasteiger charge is -2.12. The Morgan fingerprint density at radius 1 is 1.15 bits per heavy atom. The van der Waals surface area contributed by atoms with Gasteiger partial charge in [0.1, 0.15) is 0 Å². The fraction of sp³-hybridized carbons (Fsp3) is 0.0556. The van der Waals surface area contributed by atoms with Gasteiger partial charge in [0.15, 0.2) is 5.13 Å². The van der Waals surface area contributed by atoms with E-state index in [0.717, 1.165) is 5.56 Å². The Bertz CT molecular complexity index is 984. The van der Waals surface area contributed by atoms with Crippen molar-refractivity contribution < 1.29 is 19.8 Å². The molecule has 0 atom stereocenters. The number of thiazole rings is 1. The van der Waals surface area contributed by atoms with Gasteiger partial charge in [-0.25, -0.2) is 9.78 Å². The highest BCUT2D eigenvalue weighted by Crippen LogP contribution is 2.29. The van der Waals surface area contributed by atoms with Crippen LogP contribution in [-0.2, 0) is 4.79 Å². The van der Waals surface area contributed by atoms with Crippen LogP contribution in [0.5, 0.6) is 5.75 Å². The van der Waals surface area contributed by atoms with Crippen LogP contribution in [0, 0.1) is 0 Å². The zero-order valence-electron chi connectivity index (χ0n) is 13.6. The van der Waals surface area contributed by atoms with Gasteiger partial charge >= 0.3 is 5.97 Å². The van der Waals surface area contributed by atoms with E-state index in [1.165, 1.54) is 36.5 Å². The maximum atomic E-state index is 11.8. The highest BCUT2D eigenvalue weighted by molar-refractivity contribution is 7.14. The molecule has 0 bridgehead atoms. The third kappa shape index (κ3) is 3.98. The Hall–Kier alpha value is -3.39. The molecule has 0 aliphatic carbocycles. The topological polar surface area (TPSA) is 114 Å². The summed E-state index contributed by atoms with van der Waals surface area (Å²) in [6.07, 6.45) is 0. The van der Waals surface area contributed by atoms with E-state index in [2.05, 4.69) is 15.6 Å². The van der Waals surface area contributed by atoms with Crippen molar-refractivity contribution >= 4 is 39.7 Å². The molecule has 26 heavy (non-hydrogen) atoms. The molecular weight excluding hydrogens is 354 g/mol. The molecule has 0 radical (unpaired) electrons. The van der Waals surface area contributed by atoms with Crippen molar-refractivity contribution in [3.63, 3.8) is 0 Å². The van der Waals surface area contributed by atoms with E-state index >= 15 is 0 Å². The molecule has 8 heteroatoms. The van der Waals surface area contributed by atoms with Crippen molar-refractivity contribution in [2.75, 3.05) is 10.6 Å². The molecule has 1 aromatic heterocycles. The molecule has 0 unspecified atom stereocenters. The highest BCUT2D eigenvalue weighted by Gasteiger charge is 2.08. The van der Waals surface area contributed by atoms with Crippen molar-refractivity contribution in [1.29, 1.82) is 0 Å². The van der Waals surface area contributed by atoms with Crippen molar-refractivity contribution in [2.24, 2.45) is 0 Å². The van der Waals surface area contributed by atoms with Gasteiger partial charge in [-0.05, 0) is 30.3 Å². The number of nitrogens with zero attached hydrogens (tertiary/aromatic N) is 1. The summed E-state index contributed by atoms with van der Waals surface area (Å²) in [7, 11) is 0. The van der Waals surface area contributed by atoms with E-state index in [9.17, 15) is 14.7 Å². The van der Waals surface area contributed by atoms with E-state index in [0.29, 0.717) is 22.2 Å². The van der Waals surface area contributed by atoms with Crippen LogP contribution in [0.4, 0.5) is 16.5 Å². The molecule has 0 saturated carbocycles. The van der Waals surface area contributed by atoms with Gasteiger partial charge in [-0.3, -0.25) is 4.79 Å². The van der Waals surface area contributed by atoms with Crippen molar-refractivity contribution in [3.05, 3.63) is 53.4 Å². The fourth-order valence-electron chi connectivity index (χ4n) is 2.32. The molecule has 1 amide bonds. The number of aromatic carboxylic acids is 1. The molecule has 7 nitrogen and oxygen atoms in total. The predicted octanol–water partition coefficient (Wildman–Crippen LogP) is 3.28. The Labute approximate surface area is 153 Å². The lowest BCUT2D eigenvalue weighted by molar-refractivity contribution is -0.268. The molecule has 0 fully saturated rings. The first-order valence-electron chi connectivity index (χ1n) is 7.57. The number of hydrogen-bond donors (Lipinski definition) is 3. The lowest BCUT2D eigenvalue weighted by atomic mass is 10.1. The molecule has 1 heterocycles. The summed E-state index contributed by atoms with van der Waals surface area (Å²) < 4.78 is 0. The van der Waals surface area contributed by atoms with Crippen LogP contribution in [0.2, 0.25) is 0 Å². The molecule has 3 N–H and O–H groups in total. The number of hydrogen-bond acceptors (Lipinski definition) is 6. The minimum absolute atomic E-state index is 0.152. The number of aromatic nitrogens is 1. The van der Waals surface area contributed by atoms with Gasteiger partial charge in [-0.1, -0.05) is 17.9 Å². The number of carbonyl (C=O) groups is 2. The molecule has 132 valence electrons. The van der Waals surface area contributed by atoms with Crippen LogP contribution in [0.15, 0.2) is 47.8 Å². The van der Waals surface area contributed by atoms with Gasteiger partial charge in [0.2, 0.25) is 5.91 Å². The molecule has 0 saturated heterocycles. The van der Waals surface area contributed by atoms with E-state index < -0.39 is 11.7 Å². The smallest absolute Gasteiger partial charge is 0.335 e. The van der Waals surface area contributed by atoms with Crippen LogP contribution in [0.25, 0.3) is 11.3 Å². The molecular formula is C18H14N3O4S-. The van der Waals surface area contributed by atoms with Gasteiger partial charge in [0, 0.05) is 29.2 Å². The first kappa shape index (κ1) is 17.4. The van der Waals surface area contributed by atoms with E-state index in [4.69, 9.17) is 5.11 Å². The number of rotatable bonds is 5. The molecule has 2 aromatic carbocycles. The van der Waals surface area contributed by atoms with Crippen molar-refractivity contribution in [2.45, 2.75) is 6.92 Å². The van der Waals surface area contributed by atoms with Crippen molar-refractivity contribution in [1.82, 2.24) is 4.98 Å². The van der Waals surface area contributed by atoms with Crippen LogP contribution in [0.3, 0.4) is 0 Å². The quantitative estimate of drug-likeness (QED) is 0.637. The Balaban J connectivity index is 1.79. The molecule has 3 rings (SSSR count). The summed E-state index contributed by atoms with van der Waals surface area (Å²) in [5, 5.41) is 28.8. The number of anilines is 3. The van der Waals surface area contributed by atoms with Crippen LogP contribution in [-0.4, -0.2) is 22.0 Å². The number of benzene rings is 2. The summed E-state index contributed by atoms with van der Waals surface area (Å²) in [5.74, 6) is -1.97. The highest BCUT2D eigenvalue weighted by atomic mass is 32.1. The summed E-state index contributed by atoms with van der Waals surface area (Å²) in [5.41, 5.74) is 2.43. The monoisotopic (exact) mass is 368 g/mol. The molecule has 0 aliphatic heterocycles. The lowest BCUT2D eigenvalue weighted by Crippen LogP contribution is -2.05. The van der Waals surface area contributed by atoms with Gasteiger partial charge < -0.3 is 20.8 Å². The van der Waals surface area contributed by atoms with Gasteiger partial charge in [-0.15, -0.1) is 11.3 Å². The minimum atomic E-state index is -1.25. The van der Waals surface area contributed by atoms with Crippen LogP contribution >= 0.6 is 11.3 Å². The number of carbonyl (C=O) groups excluding carboxylic acids is 1. The first-order chi connectivity index (χ1) is 12.4. The third-order valence-electron chi connectivity index (χ3n) is 3.45. The largest absolute Gasteiger partial charge is 0.872 e. The Kier molecular flexibility index (Phi) is 4.85. The summed E-state index contributed by atoms with van der Waals surface area (Å²) >= 11 is 1.35. The standard InChI is InChI=1S/C18H15N3O4S/c1-10(22)19-12-4-2-3-11(7-12)15-9-26-18(21-15)20-13-5-6-14(17(24)25)16(23)8-13/h2-9,23H,1H3,(H,19,22)(H,20,21)(H,24,25)/p-1. The Morgan fingerprint density at radius 3 is 2.65 bits per heavy atom. The molecule has 0 aliphatic rings. The SMILES string of the molecule is CC(=O)Nc1cccc(-c2csc(Nc3ccc(C(=O)O)c([O-])c3)n2)c1. The minimum Gasteiger partial charge on any atom is -0.872 e. The van der Waals surface area contributed by atoms with Gasteiger partial charge in [0.05, 0.1) is 11.3 Å². The van der Waals surface area contributed by atoms with Gasteiger partial charge in [-0.2, -0.15) is 0 Å². The Morgan fingerprint density at radius 2 is 1.96 bits per heavy atom. The maximum absolute atomic E-state index is 11.8. The second-order valence-corrected chi connectivity index (χ2v) is 6.30. The zero-order valence-corrected chi connectivity index (χ0v) is 14.5. The predicted molar refractivity (Wildman–Crippen MR) is 98.0 cm³/mol. The van der Waals surface area contributed by atoms with E-state index in [1.807, 2.05) is 23.6 Å². The third-order valence-corrected chi connectivity index (χ3v) is 4.20. The number of carboxylic acid groups (broad SMARTS) is 1. The number of nitrogens with one attached hydrogen (secondary N) is 2. The molecule has 0 spiro atoms. The second-order valence-electron chi connectivity index (χ2n) is 5.44. The average Bonchev–Trinajstić information content (AvgIpc) is 3.03. The summed E-state index contributed by atoms with van der Waals surface area (Å²) in [4.78, 5) is 26.5. The summed E-state index contributed by atoms with van der Waals surface area (Å²) in [6, 6.07) is 11.3. The number of carboxylic acids is 1. The molecule has 3 aromatic rings. The zero-order chi connectivity index (χ0) is 18.7. The first-order valence-corrected chi connectivity index (χ1v) is 8.45. The fourth-order valence-corrected chi connectivity index (χ4v) is 3.06. The van der Waals surface area contributed by atoms with Gasteiger partial charge in [0.25, 0.3) is 0 Å². The van der Waals surface area contributed by atoms with E-state index in [-0.39, 0.29) is 11.5 Å². The van der Waals surface area contributed by atoms with E-state index in [1.54, 1.807) is 6.07 Å². The normalized spacial score (nSPS) is 10.3. The number of amides is 1. The average molecular weight is 368 g/mol. The second kappa shape index (κ2) is 7.24. The maximum Gasteiger partial charge on any atom is 0.335 e. The van der Waals surface area contributed by atoms with Crippen LogP contribution < -0.4 is 15.7 Å². The van der Waals surface area contributed by atoms with Crippen LogP contribution in [0.1, 0.15) is 17.3 Å². The summed E-state index contributed by atoms with van der Waals surface area (Å²) in [6.45, 7) is 1.44.